The van der Waals surface area contributed by atoms with Gasteiger partial charge in [-0.05, 0) is 53.2 Å². The van der Waals surface area contributed by atoms with Crippen molar-refractivity contribution < 1.29 is 4.74 Å². The largest absolute Gasteiger partial charge is 0.381 e. The van der Waals surface area contributed by atoms with E-state index in [0.29, 0.717) is 16.5 Å². The lowest BCUT2D eigenvalue weighted by atomic mass is 9.92. The summed E-state index contributed by atoms with van der Waals surface area (Å²) >= 11 is 9.16. The first-order valence-corrected chi connectivity index (χ1v) is 7.47. The van der Waals surface area contributed by atoms with Crippen molar-refractivity contribution in [3.8, 4) is 0 Å². The Labute approximate surface area is 120 Å². The van der Waals surface area contributed by atoms with Gasteiger partial charge < -0.3 is 9.30 Å². The molecule has 0 atom stereocenters. The average molecular weight is 335 g/mol. The minimum atomic E-state index is 0.0322. The fraction of sp³-hybridized carbons (Fsp3) is 0.615. The molecule has 1 aliphatic carbocycles. The molecule has 1 aromatic rings. The van der Waals surface area contributed by atoms with Crippen molar-refractivity contribution in [2.24, 2.45) is 0 Å². The van der Waals surface area contributed by atoms with E-state index in [-0.39, 0.29) is 11.6 Å². The summed E-state index contributed by atoms with van der Waals surface area (Å²) in [5, 5.41) is 0. The van der Waals surface area contributed by atoms with Crippen LogP contribution >= 0.6 is 27.5 Å². The van der Waals surface area contributed by atoms with Gasteiger partial charge in [0.15, 0.2) is 0 Å². The van der Waals surface area contributed by atoms with E-state index >= 15 is 0 Å². The van der Waals surface area contributed by atoms with Gasteiger partial charge in [0.2, 0.25) is 0 Å². The van der Waals surface area contributed by atoms with Crippen LogP contribution in [0.4, 0.5) is 0 Å². The fourth-order valence-corrected chi connectivity index (χ4v) is 3.17. The second-order valence-electron chi connectivity index (χ2n) is 4.71. The molecule has 0 aliphatic heterocycles. The molecule has 0 spiro atoms. The lowest BCUT2D eigenvalue weighted by Gasteiger charge is -2.29. The maximum Gasteiger partial charge on any atom is 0.265 e. The van der Waals surface area contributed by atoms with E-state index in [1.165, 1.54) is 0 Å². The first-order valence-electron chi connectivity index (χ1n) is 6.15. The van der Waals surface area contributed by atoms with Crippen LogP contribution in [-0.2, 0) is 10.6 Å². The Morgan fingerprint density at radius 3 is 2.67 bits per heavy atom. The summed E-state index contributed by atoms with van der Waals surface area (Å²) < 4.78 is 7.78. The summed E-state index contributed by atoms with van der Waals surface area (Å²) in [6.45, 7) is 0. The van der Waals surface area contributed by atoms with E-state index in [1.54, 1.807) is 13.2 Å². The molecule has 1 saturated carbocycles. The van der Waals surface area contributed by atoms with E-state index in [0.717, 1.165) is 31.2 Å². The van der Waals surface area contributed by atoms with Crippen molar-refractivity contribution in [1.29, 1.82) is 0 Å². The number of alkyl halides is 1. The maximum absolute atomic E-state index is 12.1. The molecule has 0 radical (unpaired) electrons. The first kappa shape index (κ1) is 14.1. The topological polar surface area (TPSA) is 31.2 Å². The minimum Gasteiger partial charge on any atom is -0.381 e. The third-order valence-electron chi connectivity index (χ3n) is 3.58. The Morgan fingerprint density at radius 1 is 1.44 bits per heavy atom. The quantitative estimate of drug-likeness (QED) is 0.793. The van der Waals surface area contributed by atoms with Crippen molar-refractivity contribution in [3.05, 3.63) is 32.7 Å². The maximum atomic E-state index is 12.1. The van der Waals surface area contributed by atoms with Crippen LogP contribution in [0.25, 0.3) is 0 Å². The van der Waals surface area contributed by atoms with Gasteiger partial charge in [-0.25, -0.2) is 0 Å². The molecule has 5 heteroatoms. The van der Waals surface area contributed by atoms with Gasteiger partial charge >= 0.3 is 0 Å². The molecule has 100 valence electrons. The molecule has 0 saturated heterocycles. The van der Waals surface area contributed by atoms with E-state index < -0.39 is 0 Å². The van der Waals surface area contributed by atoms with Crippen molar-refractivity contribution in [2.45, 2.75) is 43.7 Å². The minimum absolute atomic E-state index is 0.0322. The number of aromatic nitrogens is 1. The number of halogens is 2. The highest BCUT2D eigenvalue weighted by atomic mass is 79.9. The molecule has 3 nitrogen and oxygen atoms in total. The zero-order chi connectivity index (χ0) is 13.1. The number of rotatable bonds is 3. The van der Waals surface area contributed by atoms with Gasteiger partial charge in [0.05, 0.1) is 10.6 Å². The smallest absolute Gasteiger partial charge is 0.265 e. The lowest BCUT2D eigenvalue weighted by molar-refractivity contribution is 0.0579. The summed E-state index contributed by atoms with van der Waals surface area (Å²) in [4.78, 5) is 12.1. The van der Waals surface area contributed by atoms with E-state index in [2.05, 4.69) is 15.9 Å². The second-order valence-corrected chi connectivity index (χ2v) is 5.83. The Balaban J connectivity index is 2.23. The molecule has 0 amide bonds. The molecule has 0 aromatic carbocycles. The first-order chi connectivity index (χ1) is 8.65. The Morgan fingerprint density at radius 2 is 2.11 bits per heavy atom. The summed E-state index contributed by atoms with van der Waals surface area (Å²) in [5.74, 6) is 0.423. The molecule has 1 fully saturated rings. The van der Waals surface area contributed by atoms with Crippen LogP contribution in [0, 0.1) is 0 Å². The Hall–Kier alpha value is -0.320. The monoisotopic (exact) mass is 333 g/mol. The van der Waals surface area contributed by atoms with Crippen LogP contribution in [-0.4, -0.2) is 17.8 Å². The third kappa shape index (κ3) is 2.98. The van der Waals surface area contributed by atoms with Gasteiger partial charge in [0.25, 0.3) is 5.56 Å². The van der Waals surface area contributed by atoms with Crippen LogP contribution in [0.1, 0.15) is 37.3 Å². The van der Waals surface area contributed by atoms with Crippen molar-refractivity contribution in [1.82, 2.24) is 4.57 Å². The predicted molar refractivity (Wildman–Crippen MR) is 76.3 cm³/mol. The Kier molecular flexibility index (Phi) is 4.87. The average Bonchev–Trinajstić information content (AvgIpc) is 2.42. The van der Waals surface area contributed by atoms with Crippen molar-refractivity contribution in [3.63, 3.8) is 0 Å². The van der Waals surface area contributed by atoms with Crippen LogP contribution in [0.3, 0.4) is 0 Å². The molecule has 2 rings (SSSR count). The molecule has 0 bridgehead atoms. The van der Waals surface area contributed by atoms with Gasteiger partial charge in [0.1, 0.15) is 0 Å². The number of pyridine rings is 1. The molecular formula is C13H17BrClNO2. The number of nitrogens with zero attached hydrogens (tertiary/aromatic N) is 1. The molecule has 1 aromatic heterocycles. The lowest BCUT2D eigenvalue weighted by Crippen LogP contribution is -2.30. The summed E-state index contributed by atoms with van der Waals surface area (Å²) in [5.41, 5.74) is 1.00. The third-order valence-corrected chi connectivity index (χ3v) is 4.46. The standard InChI is InChI=1S/C13H17BrClNO2/c1-18-11-4-2-10(3-5-11)16-8-9(7-15)6-12(14)13(16)17/h6,8,10-11H,2-5,7H2,1H3. The molecule has 0 unspecified atom stereocenters. The molecule has 18 heavy (non-hydrogen) atoms. The fourth-order valence-electron chi connectivity index (χ4n) is 2.53. The molecule has 1 heterocycles. The molecule has 1 aliphatic rings. The van der Waals surface area contributed by atoms with Crippen LogP contribution < -0.4 is 5.56 Å². The zero-order valence-electron chi connectivity index (χ0n) is 10.4. The molecular weight excluding hydrogens is 318 g/mol. The van der Waals surface area contributed by atoms with Gasteiger partial charge in [-0.1, -0.05) is 0 Å². The van der Waals surface area contributed by atoms with E-state index in [9.17, 15) is 4.79 Å². The summed E-state index contributed by atoms with van der Waals surface area (Å²) in [6, 6.07) is 2.07. The second kappa shape index (κ2) is 6.22. The van der Waals surface area contributed by atoms with Crippen LogP contribution in [0.15, 0.2) is 21.5 Å². The van der Waals surface area contributed by atoms with Gasteiger partial charge in [-0.2, -0.15) is 0 Å². The molecule has 0 N–H and O–H groups in total. The van der Waals surface area contributed by atoms with Crippen molar-refractivity contribution >= 4 is 27.5 Å². The number of hydrogen-bond donors (Lipinski definition) is 0. The number of ether oxygens (including phenoxy) is 1. The van der Waals surface area contributed by atoms with Gasteiger partial charge in [-0.15, -0.1) is 11.6 Å². The zero-order valence-corrected chi connectivity index (χ0v) is 12.7. The number of methoxy groups -OCH3 is 1. The number of hydrogen-bond acceptors (Lipinski definition) is 2. The highest BCUT2D eigenvalue weighted by Crippen LogP contribution is 2.29. The van der Waals surface area contributed by atoms with Gasteiger partial charge in [-0.3, -0.25) is 4.79 Å². The van der Waals surface area contributed by atoms with E-state index in [1.807, 2.05) is 10.8 Å². The predicted octanol–water partition coefficient (Wildman–Crippen LogP) is 3.48. The van der Waals surface area contributed by atoms with Gasteiger partial charge in [0, 0.05) is 25.2 Å². The highest BCUT2D eigenvalue weighted by molar-refractivity contribution is 9.10. The van der Waals surface area contributed by atoms with E-state index in [4.69, 9.17) is 16.3 Å². The van der Waals surface area contributed by atoms with Crippen LogP contribution in [0.5, 0.6) is 0 Å². The van der Waals surface area contributed by atoms with Crippen LogP contribution in [0.2, 0.25) is 0 Å². The summed E-state index contributed by atoms with van der Waals surface area (Å²) in [6.07, 6.45) is 6.22. The highest BCUT2D eigenvalue weighted by Gasteiger charge is 2.23. The SMILES string of the molecule is COC1CCC(n2cc(CCl)cc(Br)c2=O)CC1. The normalized spacial score (nSPS) is 24.2. The summed E-state index contributed by atoms with van der Waals surface area (Å²) in [7, 11) is 1.75. The Bertz CT molecular complexity index is 467. The van der Waals surface area contributed by atoms with Crippen molar-refractivity contribution in [2.75, 3.05) is 7.11 Å².